The standard InChI is InChI=1S/C30H27N3O7/c1-38-28(35)22-23(29(36)39-2)32-33(25(22)19-13-7-4-8-14-19)26(20-15-9-5-10-16-20)24(30(37)40-3)31-27(34)21-17-11-6-12-18-21/h4-18,24,26H,1-3H3,(H,31,34)/t24-,26-/m1/s1. The molecule has 1 N–H and O–H groups in total. The zero-order valence-electron chi connectivity index (χ0n) is 22.1. The van der Waals surface area contributed by atoms with Gasteiger partial charge >= 0.3 is 17.9 Å². The first-order valence-corrected chi connectivity index (χ1v) is 12.2. The number of amides is 1. The molecule has 0 bridgehead atoms. The summed E-state index contributed by atoms with van der Waals surface area (Å²) in [6.45, 7) is 0. The topological polar surface area (TPSA) is 126 Å². The summed E-state index contributed by atoms with van der Waals surface area (Å²) in [5.74, 6) is -3.02. The van der Waals surface area contributed by atoms with Crippen LogP contribution in [0.15, 0.2) is 91.0 Å². The van der Waals surface area contributed by atoms with Crippen LogP contribution in [0, 0.1) is 0 Å². The molecule has 2 atom stereocenters. The fraction of sp³-hybridized carbons (Fsp3) is 0.167. The van der Waals surface area contributed by atoms with E-state index in [2.05, 4.69) is 10.4 Å². The minimum absolute atomic E-state index is 0.153. The minimum atomic E-state index is -1.33. The number of ether oxygens (including phenoxy) is 3. The minimum Gasteiger partial charge on any atom is -0.467 e. The zero-order valence-corrected chi connectivity index (χ0v) is 22.1. The van der Waals surface area contributed by atoms with Gasteiger partial charge in [0.2, 0.25) is 0 Å². The van der Waals surface area contributed by atoms with Crippen molar-refractivity contribution in [1.29, 1.82) is 0 Å². The van der Waals surface area contributed by atoms with Crippen molar-refractivity contribution in [2.45, 2.75) is 12.1 Å². The summed E-state index contributed by atoms with van der Waals surface area (Å²) in [4.78, 5) is 52.6. The van der Waals surface area contributed by atoms with Gasteiger partial charge in [-0.05, 0) is 17.7 Å². The van der Waals surface area contributed by atoms with E-state index in [1.807, 2.05) is 0 Å². The average molecular weight is 542 g/mol. The van der Waals surface area contributed by atoms with Gasteiger partial charge in [-0.25, -0.2) is 14.4 Å². The van der Waals surface area contributed by atoms with Crippen LogP contribution in [0.4, 0.5) is 0 Å². The molecule has 3 aromatic carbocycles. The molecule has 204 valence electrons. The molecule has 0 aliphatic rings. The molecule has 1 amide bonds. The fourth-order valence-electron chi connectivity index (χ4n) is 4.38. The van der Waals surface area contributed by atoms with Crippen LogP contribution in [0.3, 0.4) is 0 Å². The van der Waals surface area contributed by atoms with E-state index in [0.29, 0.717) is 16.7 Å². The van der Waals surface area contributed by atoms with Crippen molar-refractivity contribution in [3.8, 4) is 11.3 Å². The molecule has 0 aliphatic carbocycles. The molecule has 10 nitrogen and oxygen atoms in total. The summed E-state index contributed by atoms with van der Waals surface area (Å²) >= 11 is 0. The number of aromatic nitrogens is 2. The zero-order chi connectivity index (χ0) is 28.6. The predicted molar refractivity (Wildman–Crippen MR) is 145 cm³/mol. The van der Waals surface area contributed by atoms with E-state index >= 15 is 0 Å². The SMILES string of the molecule is COC(=O)c1nn([C@H](c2ccccc2)[C@@H](NC(=O)c2ccccc2)C(=O)OC)c(-c2ccccc2)c1C(=O)OC. The number of hydrogen-bond acceptors (Lipinski definition) is 8. The summed E-state index contributed by atoms with van der Waals surface area (Å²) in [7, 11) is 3.55. The van der Waals surface area contributed by atoms with Crippen molar-refractivity contribution in [1.82, 2.24) is 15.1 Å². The Morgan fingerprint density at radius 3 is 1.82 bits per heavy atom. The Labute approximate surface area is 230 Å². The van der Waals surface area contributed by atoms with Crippen molar-refractivity contribution in [3.63, 3.8) is 0 Å². The fourth-order valence-corrected chi connectivity index (χ4v) is 4.38. The van der Waals surface area contributed by atoms with Crippen LogP contribution in [-0.2, 0) is 19.0 Å². The molecule has 4 aromatic rings. The van der Waals surface area contributed by atoms with Gasteiger partial charge in [-0.2, -0.15) is 5.10 Å². The van der Waals surface area contributed by atoms with Crippen molar-refractivity contribution in [2.24, 2.45) is 0 Å². The van der Waals surface area contributed by atoms with Crippen LogP contribution in [-0.4, -0.2) is 61.0 Å². The Morgan fingerprint density at radius 2 is 1.27 bits per heavy atom. The van der Waals surface area contributed by atoms with E-state index in [1.54, 1.807) is 91.0 Å². The number of hydrogen-bond donors (Lipinski definition) is 1. The second-order valence-corrected chi connectivity index (χ2v) is 8.56. The van der Waals surface area contributed by atoms with Crippen LogP contribution < -0.4 is 5.32 Å². The van der Waals surface area contributed by atoms with Crippen LogP contribution >= 0.6 is 0 Å². The number of nitrogens with zero attached hydrogens (tertiary/aromatic N) is 2. The third-order valence-corrected chi connectivity index (χ3v) is 6.22. The van der Waals surface area contributed by atoms with Gasteiger partial charge in [0.1, 0.15) is 11.6 Å². The number of rotatable bonds is 9. The smallest absolute Gasteiger partial charge is 0.359 e. The number of methoxy groups -OCH3 is 3. The molecule has 10 heteroatoms. The Kier molecular flexibility index (Phi) is 8.70. The highest BCUT2D eigenvalue weighted by Crippen LogP contribution is 2.34. The van der Waals surface area contributed by atoms with Gasteiger partial charge in [-0.1, -0.05) is 78.9 Å². The van der Waals surface area contributed by atoms with E-state index in [1.165, 1.54) is 18.9 Å². The largest absolute Gasteiger partial charge is 0.467 e. The molecule has 0 fully saturated rings. The van der Waals surface area contributed by atoms with Gasteiger partial charge in [0, 0.05) is 11.1 Å². The lowest BCUT2D eigenvalue weighted by atomic mass is 9.97. The first kappa shape index (κ1) is 27.8. The maximum Gasteiger partial charge on any atom is 0.359 e. The van der Waals surface area contributed by atoms with Crippen molar-refractivity contribution in [2.75, 3.05) is 21.3 Å². The number of nitrogens with one attached hydrogen (secondary N) is 1. The van der Waals surface area contributed by atoms with Crippen LogP contribution in [0.5, 0.6) is 0 Å². The molecule has 0 saturated carbocycles. The van der Waals surface area contributed by atoms with Gasteiger partial charge in [0.15, 0.2) is 11.7 Å². The van der Waals surface area contributed by atoms with E-state index in [9.17, 15) is 19.2 Å². The Balaban J connectivity index is 2.03. The summed E-state index contributed by atoms with van der Waals surface area (Å²) < 4.78 is 16.4. The summed E-state index contributed by atoms with van der Waals surface area (Å²) in [6, 6.07) is 23.5. The van der Waals surface area contributed by atoms with E-state index in [0.717, 1.165) is 7.11 Å². The van der Waals surface area contributed by atoms with Crippen molar-refractivity contribution >= 4 is 23.8 Å². The van der Waals surface area contributed by atoms with E-state index in [4.69, 9.17) is 14.2 Å². The Bertz CT molecular complexity index is 1500. The Hall–Kier alpha value is -5.25. The van der Waals surface area contributed by atoms with Crippen molar-refractivity contribution in [3.05, 3.63) is 113 Å². The molecule has 0 radical (unpaired) electrons. The lowest BCUT2D eigenvalue weighted by Gasteiger charge is -2.28. The molecule has 0 spiro atoms. The number of benzene rings is 3. The third-order valence-electron chi connectivity index (χ3n) is 6.22. The van der Waals surface area contributed by atoms with Crippen LogP contribution in [0.25, 0.3) is 11.3 Å². The number of esters is 3. The predicted octanol–water partition coefficient (Wildman–Crippen LogP) is 3.68. The Morgan fingerprint density at radius 1 is 0.725 bits per heavy atom. The van der Waals surface area contributed by atoms with Crippen LogP contribution in [0.2, 0.25) is 0 Å². The lowest BCUT2D eigenvalue weighted by Crippen LogP contribution is -2.48. The molecule has 1 heterocycles. The highest BCUT2D eigenvalue weighted by molar-refractivity contribution is 6.06. The molecular formula is C30H27N3O7. The maximum atomic E-state index is 13.3. The number of carbonyl (C=O) groups excluding carboxylic acids is 4. The highest BCUT2D eigenvalue weighted by Gasteiger charge is 2.39. The molecular weight excluding hydrogens is 514 g/mol. The number of carbonyl (C=O) groups is 4. The van der Waals surface area contributed by atoms with Gasteiger partial charge in [-0.15, -0.1) is 0 Å². The lowest BCUT2D eigenvalue weighted by molar-refractivity contribution is -0.143. The van der Waals surface area contributed by atoms with Crippen molar-refractivity contribution < 1.29 is 33.4 Å². The molecule has 40 heavy (non-hydrogen) atoms. The molecule has 4 rings (SSSR count). The molecule has 0 saturated heterocycles. The first-order valence-electron chi connectivity index (χ1n) is 12.2. The normalized spacial score (nSPS) is 12.1. The van der Waals surface area contributed by atoms with Gasteiger partial charge in [0.05, 0.1) is 27.0 Å². The molecule has 0 unspecified atom stereocenters. The second kappa shape index (κ2) is 12.5. The van der Waals surface area contributed by atoms with E-state index < -0.39 is 35.9 Å². The summed E-state index contributed by atoms with van der Waals surface area (Å²) in [5.41, 5.74) is 1.08. The molecule has 0 aliphatic heterocycles. The first-order chi connectivity index (χ1) is 19.4. The summed E-state index contributed by atoms with van der Waals surface area (Å²) in [6.07, 6.45) is 0. The highest BCUT2D eigenvalue weighted by atomic mass is 16.5. The second-order valence-electron chi connectivity index (χ2n) is 8.56. The van der Waals surface area contributed by atoms with Gasteiger partial charge < -0.3 is 19.5 Å². The van der Waals surface area contributed by atoms with Gasteiger partial charge in [0.25, 0.3) is 5.91 Å². The summed E-state index contributed by atoms with van der Waals surface area (Å²) in [5, 5.41) is 7.27. The van der Waals surface area contributed by atoms with Gasteiger partial charge in [-0.3, -0.25) is 9.48 Å². The maximum absolute atomic E-state index is 13.3. The molecule has 1 aromatic heterocycles. The average Bonchev–Trinajstić information content (AvgIpc) is 3.41. The quantitative estimate of drug-likeness (QED) is 0.251. The third kappa shape index (κ3) is 5.60. The monoisotopic (exact) mass is 541 g/mol. The van der Waals surface area contributed by atoms with Crippen LogP contribution in [0.1, 0.15) is 42.8 Å². The van der Waals surface area contributed by atoms with E-state index in [-0.39, 0.29) is 17.0 Å².